The molecule has 3 N–H and O–H groups in total. The van der Waals surface area contributed by atoms with Crippen LogP contribution in [-0.2, 0) is 30.1 Å². The number of carbonyl (C=O) groups excluding carboxylic acids is 2. The molecule has 12 nitrogen and oxygen atoms in total. The van der Waals surface area contributed by atoms with Crippen LogP contribution in [0.1, 0.15) is 75.8 Å². The average Bonchev–Trinajstić information content (AvgIpc) is 3.36. The van der Waals surface area contributed by atoms with Crippen molar-refractivity contribution < 1.29 is 53.3 Å². The van der Waals surface area contributed by atoms with Crippen LogP contribution < -0.4 is 4.74 Å². The molecule has 0 saturated carbocycles. The highest BCUT2D eigenvalue weighted by Crippen LogP contribution is 2.52. The number of nitrogens with zero attached hydrogens (tertiary/aromatic N) is 1. The van der Waals surface area contributed by atoms with Gasteiger partial charge in [0.15, 0.2) is 24.6 Å². The number of rotatable bonds is 4. The van der Waals surface area contributed by atoms with Gasteiger partial charge in [-0.15, -0.1) is 0 Å². The zero-order chi connectivity index (χ0) is 30.4. The van der Waals surface area contributed by atoms with E-state index < -0.39 is 47.4 Å². The van der Waals surface area contributed by atoms with Crippen molar-refractivity contribution in [2.45, 2.75) is 81.9 Å². The van der Waals surface area contributed by atoms with E-state index in [2.05, 4.69) is 4.90 Å². The van der Waals surface area contributed by atoms with Crippen LogP contribution in [0.5, 0.6) is 17.2 Å². The summed E-state index contributed by atoms with van der Waals surface area (Å²) in [6.07, 6.45) is -2.81. The Morgan fingerprint density at radius 2 is 1.81 bits per heavy atom. The number of aromatic hydroxyl groups is 2. The van der Waals surface area contributed by atoms with Crippen molar-refractivity contribution in [1.29, 1.82) is 0 Å². The van der Waals surface area contributed by atoms with Crippen molar-refractivity contribution in [3.8, 4) is 17.2 Å². The Kier molecular flexibility index (Phi) is 6.82. The van der Waals surface area contributed by atoms with Gasteiger partial charge in [-0.1, -0.05) is 12.1 Å². The second-order valence-corrected chi connectivity index (χ2v) is 12.2. The van der Waals surface area contributed by atoms with Gasteiger partial charge in [-0.25, -0.2) is 0 Å². The summed E-state index contributed by atoms with van der Waals surface area (Å²) in [6, 6.07) is 4.56. The first-order valence-electron chi connectivity index (χ1n) is 14.5. The summed E-state index contributed by atoms with van der Waals surface area (Å²) in [5.41, 5.74) is -1.55. The first kappa shape index (κ1) is 28.7. The topological polar surface area (TPSA) is 153 Å². The summed E-state index contributed by atoms with van der Waals surface area (Å²) in [7, 11) is 2.96. The fourth-order valence-corrected chi connectivity index (χ4v) is 7.51. The lowest BCUT2D eigenvalue weighted by Gasteiger charge is -2.43. The molecule has 0 spiro atoms. The van der Waals surface area contributed by atoms with Crippen molar-refractivity contribution in [2.24, 2.45) is 0 Å². The average molecular weight is 598 g/mol. The second kappa shape index (κ2) is 10.2. The number of fused-ring (bicyclic) bond motifs is 6. The molecule has 0 aromatic heterocycles. The molecule has 3 fully saturated rings. The highest BCUT2D eigenvalue weighted by molar-refractivity contribution is 6.31. The maximum atomic E-state index is 13.8. The Labute approximate surface area is 248 Å². The monoisotopic (exact) mass is 597 g/mol. The highest BCUT2D eigenvalue weighted by Gasteiger charge is 2.54. The number of ether oxygens (including phenoxy) is 6. The predicted octanol–water partition coefficient (Wildman–Crippen LogP) is 2.17. The minimum absolute atomic E-state index is 0.0172. The van der Waals surface area contributed by atoms with Crippen LogP contribution in [0.2, 0.25) is 0 Å². The molecule has 2 aromatic rings. The lowest BCUT2D eigenvalue weighted by Crippen LogP contribution is -2.55. The zero-order valence-electron chi connectivity index (χ0n) is 24.4. The standard InChI is InChI=1S/C31H35NO11/c1-13-28-16(32-8-9-40-30(39-4)29(32)43-28)10-19(41-13)42-18-12-31(2,37)11-15-21(18)27(36)23-22(25(15)34)24(33)14-6-5-7-17(38-3)20(14)26(23)35/h5-7,13,16,18-19,28-30,34,36-37H,8-12H2,1-4H3/t13-,16-,18-,19-,28+,29+,30-,31-/m0/s1. The van der Waals surface area contributed by atoms with E-state index in [0.717, 1.165) is 0 Å². The lowest BCUT2D eigenvalue weighted by molar-refractivity contribution is -0.256. The van der Waals surface area contributed by atoms with Crippen molar-refractivity contribution in [1.82, 2.24) is 4.90 Å². The first-order chi connectivity index (χ1) is 20.5. The Hall–Kier alpha value is -3.10. The van der Waals surface area contributed by atoms with Crippen LogP contribution in [0.15, 0.2) is 18.2 Å². The summed E-state index contributed by atoms with van der Waals surface area (Å²) >= 11 is 0. The molecule has 7 rings (SSSR count). The number of methoxy groups -OCH3 is 2. The molecule has 230 valence electrons. The maximum Gasteiger partial charge on any atom is 0.202 e. The molecule has 2 aromatic carbocycles. The third-order valence-corrected chi connectivity index (χ3v) is 9.37. The molecule has 43 heavy (non-hydrogen) atoms. The molecule has 3 heterocycles. The summed E-state index contributed by atoms with van der Waals surface area (Å²) in [6.45, 7) is 4.63. The largest absolute Gasteiger partial charge is 0.507 e. The van der Waals surface area contributed by atoms with Crippen LogP contribution in [0, 0.1) is 0 Å². The van der Waals surface area contributed by atoms with Gasteiger partial charge in [-0.2, -0.15) is 0 Å². The fraction of sp³-hybridized carbons (Fsp3) is 0.548. The third kappa shape index (κ3) is 4.31. The number of hydrogen-bond donors (Lipinski definition) is 3. The van der Waals surface area contributed by atoms with Crippen molar-refractivity contribution in [2.75, 3.05) is 27.4 Å². The predicted molar refractivity (Wildman–Crippen MR) is 147 cm³/mol. The van der Waals surface area contributed by atoms with Crippen molar-refractivity contribution in [3.63, 3.8) is 0 Å². The third-order valence-electron chi connectivity index (χ3n) is 9.37. The zero-order valence-corrected chi connectivity index (χ0v) is 24.4. The molecule has 0 unspecified atom stereocenters. The van der Waals surface area contributed by atoms with E-state index in [9.17, 15) is 24.9 Å². The summed E-state index contributed by atoms with van der Waals surface area (Å²) in [4.78, 5) is 29.6. The molecule has 0 radical (unpaired) electrons. The number of aliphatic hydroxyl groups is 1. The maximum absolute atomic E-state index is 13.8. The smallest absolute Gasteiger partial charge is 0.202 e. The van der Waals surface area contributed by atoms with Gasteiger partial charge in [-0.05, 0) is 19.9 Å². The van der Waals surface area contributed by atoms with Gasteiger partial charge in [0.25, 0.3) is 0 Å². The van der Waals surface area contributed by atoms with E-state index in [1.54, 1.807) is 26.2 Å². The molecule has 8 atom stereocenters. The van der Waals surface area contributed by atoms with Gasteiger partial charge in [0.05, 0.1) is 48.2 Å². The summed E-state index contributed by atoms with van der Waals surface area (Å²) in [5.74, 6) is -1.99. The van der Waals surface area contributed by atoms with Crippen LogP contribution >= 0.6 is 0 Å². The number of hydrogen-bond acceptors (Lipinski definition) is 12. The van der Waals surface area contributed by atoms with E-state index in [1.165, 1.54) is 13.2 Å². The molecule has 3 saturated heterocycles. The van der Waals surface area contributed by atoms with E-state index >= 15 is 0 Å². The number of benzene rings is 2. The van der Waals surface area contributed by atoms with Gasteiger partial charge >= 0.3 is 0 Å². The normalized spacial score (nSPS) is 35.0. The molecule has 12 heteroatoms. The molecular formula is C31H35NO11. The van der Waals surface area contributed by atoms with Gasteiger partial charge in [0.1, 0.15) is 23.4 Å². The van der Waals surface area contributed by atoms with Gasteiger partial charge in [0.2, 0.25) is 5.78 Å². The highest BCUT2D eigenvalue weighted by atomic mass is 16.7. The van der Waals surface area contributed by atoms with Crippen LogP contribution in [0.3, 0.4) is 0 Å². The Bertz CT molecular complexity index is 1510. The number of phenolic OH excluding ortho intramolecular Hbond substituents is 2. The van der Waals surface area contributed by atoms with Crippen molar-refractivity contribution in [3.05, 3.63) is 51.6 Å². The van der Waals surface area contributed by atoms with E-state index in [0.29, 0.717) is 19.6 Å². The summed E-state index contributed by atoms with van der Waals surface area (Å²) in [5, 5.41) is 34.4. The minimum atomic E-state index is -1.35. The van der Waals surface area contributed by atoms with Gasteiger partial charge < -0.3 is 43.7 Å². The van der Waals surface area contributed by atoms with Gasteiger partial charge in [-0.3, -0.25) is 14.5 Å². The van der Waals surface area contributed by atoms with Crippen molar-refractivity contribution >= 4 is 11.6 Å². The number of carbonyl (C=O) groups is 2. The van der Waals surface area contributed by atoms with E-state index in [4.69, 9.17) is 28.4 Å². The van der Waals surface area contributed by atoms with Gasteiger partial charge in [0, 0.05) is 55.6 Å². The fourth-order valence-electron chi connectivity index (χ4n) is 7.51. The quantitative estimate of drug-likeness (QED) is 0.378. The first-order valence-corrected chi connectivity index (χ1v) is 14.5. The Balaban J connectivity index is 1.26. The lowest BCUT2D eigenvalue weighted by atomic mass is 9.73. The molecular weight excluding hydrogens is 562 g/mol. The summed E-state index contributed by atoms with van der Waals surface area (Å²) < 4.78 is 35.6. The Morgan fingerprint density at radius 1 is 1.05 bits per heavy atom. The number of ketones is 2. The molecule has 5 aliphatic rings. The van der Waals surface area contributed by atoms with Crippen LogP contribution in [-0.4, -0.2) is 102 Å². The molecule has 3 aliphatic heterocycles. The SMILES string of the molecule is COc1cccc2c1C(=O)c1c(O)c3c(c(O)c1C2=O)C[C@](C)(O)C[C@@H]3O[C@H]1C[C@H]2[C@H](O[C@@H]3[C@@H](OC)OCCN32)[C@H](C)O1. The van der Waals surface area contributed by atoms with Crippen LogP contribution in [0.4, 0.5) is 0 Å². The number of phenols is 2. The number of morpholine rings is 1. The van der Waals surface area contributed by atoms with E-state index in [1.807, 2.05) is 6.92 Å². The van der Waals surface area contributed by atoms with E-state index in [-0.39, 0.29) is 76.4 Å². The Morgan fingerprint density at radius 3 is 2.56 bits per heavy atom. The molecule has 0 amide bonds. The molecule has 2 aliphatic carbocycles. The van der Waals surface area contributed by atoms with Crippen LogP contribution in [0.25, 0.3) is 0 Å². The minimum Gasteiger partial charge on any atom is -0.507 e. The molecule has 0 bridgehead atoms. The second-order valence-electron chi connectivity index (χ2n) is 12.2.